The van der Waals surface area contributed by atoms with E-state index < -0.39 is 0 Å². The lowest BCUT2D eigenvalue weighted by Gasteiger charge is -1.96. The van der Waals surface area contributed by atoms with Crippen molar-refractivity contribution in [3.63, 3.8) is 0 Å². The lowest BCUT2D eigenvalue weighted by Crippen LogP contribution is -1.77. The van der Waals surface area contributed by atoms with Gasteiger partial charge in [-0.3, -0.25) is 0 Å². The van der Waals surface area contributed by atoms with Crippen LogP contribution in [0, 0.1) is 11.8 Å². The minimum absolute atomic E-state index is 0.0111. The molecular weight excluding hydrogens is 244 g/mol. The zero-order valence-electron chi connectivity index (χ0n) is 9.84. The molecule has 18 heavy (non-hydrogen) atoms. The smallest absolute Gasteiger partial charge is 0.120 e. The molecular formula is C15H12O2S. The molecule has 0 heterocycles. The van der Waals surface area contributed by atoms with Crippen molar-refractivity contribution in [2.45, 2.75) is 4.90 Å². The van der Waals surface area contributed by atoms with Crippen LogP contribution in [-0.2, 0) is 0 Å². The number of rotatable bonds is 1. The van der Waals surface area contributed by atoms with E-state index in [-0.39, 0.29) is 11.5 Å². The van der Waals surface area contributed by atoms with Gasteiger partial charge in [-0.1, -0.05) is 11.8 Å². The summed E-state index contributed by atoms with van der Waals surface area (Å²) in [5, 5.41) is 18.7. The third-order valence-electron chi connectivity index (χ3n) is 2.34. The van der Waals surface area contributed by atoms with Gasteiger partial charge in [-0.05, 0) is 42.7 Å². The molecule has 0 saturated carbocycles. The van der Waals surface area contributed by atoms with Gasteiger partial charge in [0.15, 0.2) is 0 Å². The molecule has 0 unspecified atom stereocenters. The Labute approximate surface area is 110 Å². The first-order valence-corrected chi connectivity index (χ1v) is 6.59. The predicted octanol–water partition coefficient (Wildman–Crippen LogP) is 3.22. The molecule has 0 atom stereocenters. The molecule has 0 aliphatic rings. The Balaban J connectivity index is 2.25. The normalized spacial score (nSPS) is 9.61. The van der Waals surface area contributed by atoms with Gasteiger partial charge in [0, 0.05) is 22.1 Å². The van der Waals surface area contributed by atoms with E-state index in [2.05, 4.69) is 11.8 Å². The summed E-state index contributed by atoms with van der Waals surface area (Å²) in [7, 11) is 0. The second kappa shape index (κ2) is 5.52. The van der Waals surface area contributed by atoms with Crippen LogP contribution < -0.4 is 0 Å². The fraction of sp³-hybridized carbons (Fsp3) is 0.0667. The maximum absolute atomic E-state index is 9.33. The van der Waals surface area contributed by atoms with Crippen molar-refractivity contribution in [2.75, 3.05) is 6.26 Å². The van der Waals surface area contributed by atoms with E-state index in [1.165, 1.54) is 23.1 Å². The number of hydrogen-bond acceptors (Lipinski definition) is 3. The van der Waals surface area contributed by atoms with Gasteiger partial charge in [0.05, 0.1) is 0 Å². The van der Waals surface area contributed by atoms with Crippen molar-refractivity contribution in [1.29, 1.82) is 0 Å². The minimum atomic E-state index is 0.0111. The lowest BCUT2D eigenvalue weighted by molar-refractivity contribution is 0.450. The van der Waals surface area contributed by atoms with E-state index in [0.29, 0.717) is 5.56 Å². The minimum Gasteiger partial charge on any atom is -0.508 e. The van der Waals surface area contributed by atoms with Crippen molar-refractivity contribution in [1.82, 2.24) is 0 Å². The van der Waals surface area contributed by atoms with E-state index in [1.54, 1.807) is 11.8 Å². The number of aromatic hydroxyl groups is 2. The van der Waals surface area contributed by atoms with Gasteiger partial charge in [0.2, 0.25) is 0 Å². The Kier molecular flexibility index (Phi) is 3.81. The molecule has 0 radical (unpaired) electrons. The molecule has 0 saturated heterocycles. The molecule has 2 rings (SSSR count). The van der Waals surface area contributed by atoms with Crippen LogP contribution in [0.25, 0.3) is 0 Å². The summed E-state index contributed by atoms with van der Waals surface area (Å²) in [6.07, 6.45) is 2.02. The molecule has 3 heteroatoms. The lowest BCUT2D eigenvalue weighted by atomic mass is 10.1. The van der Waals surface area contributed by atoms with Crippen LogP contribution in [0.1, 0.15) is 11.1 Å². The highest BCUT2D eigenvalue weighted by Gasteiger charge is 1.96. The van der Waals surface area contributed by atoms with Crippen LogP contribution in [0.5, 0.6) is 11.5 Å². The topological polar surface area (TPSA) is 40.5 Å². The number of benzene rings is 2. The fourth-order valence-electron chi connectivity index (χ4n) is 1.49. The maximum Gasteiger partial charge on any atom is 0.120 e. The van der Waals surface area contributed by atoms with Crippen LogP contribution in [0.4, 0.5) is 0 Å². The first-order chi connectivity index (χ1) is 8.67. The molecule has 0 bridgehead atoms. The number of hydrogen-bond donors (Lipinski definition) is 2. The molecule has 0 aliphatic heterocycles. The van der Waals surface area contributed by atoms with Crippen molar-refractivity contribution in [2.24, 2.45) is 0 Å². The molecule has 2 nitrogen and oxygen atoms in total. The van der Waals surface area contributed by atoms with Crippen molar-refractivity contribution in [3.8, 4) is 23.3 Å². The summed E-state index contributed by atoms with van der Waals surface area (Å²) < 4.78 is 0. The van der Waals surface area contributed by atoms with Crippen molar-refractivity contribution in [3.05, 3.63) is 53.6 Å². The van der Waals surface area contributed by atoms with Gasteiger partial charge in [-0.15, -0.1) is 11.8 Å². The van der Waals surface area contributed by atoms with Gasteiger partial charge in [-0.2, -0.15) is 0 Å². The number of phenols is 2. The SMILES string of the molecule is CSc1ccc(C#Cc2cc(O)cc(O)c2)cc1. The van der Waals surface area contributed by atoms with Crippen LogP contribution in [0.3, 0.4) is 0 Å². The Morgan fingerprint density at radius 3 is 1.94 bits per heavy atom. The maximum atomic E-state index is 9.33. The first-order valence-electron chi connectivity index (χ1n) is 5.36. The van der Waals surface area contributed by atoms with E-state index >= 15 is 0 Å². The molecule has 0 amide bonds. The first kappa shape index (κ1) is 12.4. The number of thioether (sulfide) groups is 1. The third kappa shape index (κ3) is 3.22. The van der Waals surface area contributed by atoms with Gasteiger partial charge < -0.3 is 10.2 Å². The van der Waals surface area contributed by atoms with E-state index in [0.717, 1.165) is 5.56 Å². The van der Waals surface area contributed by atoms with Crippen LogP contribution in [0.2, 0.25) is 0 Å². The van der Waals surface area contributed by atoms with Gasteiger partial charge >= 0.3 is 0 Å². The highest BCUT2D eigenvalue weighted by Crippen LogP contribution is 2.19. The quantitative estimate of drug-likeness (QED) is 0.608. The molecule has 0 aromatic heterocycles. The van der Waals surface area contributed by atoms with Gasteiger partial charge in [0.25, 0.3) is 0 Å². The average Bonchev–Trinajstić information content (AvgIpc) is 2.36. The van der Waals surface area contributed by atoms with Gasteiger partial charge in [-0.25, -0.2) is 0 Å². The Morgan fingerprint density at radius 1 is 0.833 bits per heavy atom. The van der Waals surface area contributed by atoms with E-state index in [4.69, 9.17) is 0 Å². The second-order valence-corrected chi connectivity index (χ2v) is 4.60. The molecule has 0 fully saturated rings. The van der Waals surface area contributed by atoms with Gasteiger partial charge in [0.1, 0.15) is 11.5 Å². The van der Waals surface area contributed by atoms with Crippen LogP contribution in [-0.4, -0.2) is 16.5 Å². The highest BCUT2D eigenvalue weighted by molar-refractivity contribution is 7.98. The Hall–Kier alpha value is -2.05. The summed E-state index contributed by atoms with van der Waals surface area (Å²) in [6, 6.07) is 12.2. The molecule has 2 N–H and O–H groups in total. The summed E-state index contributed by atoms with van der Waals surface area (Å²) in [5.74, 6) is 5.91. The van der Waals surface area contributed by atoms with Crippen LogP contribution in [0.15, 0.2) is 47.4 Å². The van der Waals surface area contributed by atoms with Crippen LogP contribution >= 0.6 is 11.8 Å². The molecule has 0 spiro atoms. The second-order valence-electron chi connectivity index (χ2n) is 3.72. The van der Waals surface area contributed by atoms with E-state index in [1.807, 2.05) is 30.5 Å². The predicted molar refractivity (Wildman–Crippen MR) is 74.0 cm³/mol. The highest BCUT2D eigenvalue weighted by atomic mass is 32.2. The third-order valence-corrected chi connectivity index (χ3v) is 3.09. The van der Waals surface area contributed by atoms with E-state index in [9.17, 15) is 10.2 Å². The summed E-state index contributed by atoms with van der Waals surface area (Å²) in [6.45, 7) is 0. The summed E-state index contributed by atoms with van der Waals surface area (Å²) in [5.41, 5.74) is 1.48. The molecule has 0 aliphatic carbocycles. The zero-order chi connectivity index (χ0) is 13.0. The Bertz CT molecular complexity index is 586. The standard InChI is InChI=1S/C15H12O2S/c1-18-15-6-4-11(5-7-15)2-3-12-8-13(16)10-14(17)9-12/h4-10,16-17H,1H3. The largest absolute Gasteiger partial charge is 0.508 e. The summed E-state index contributed by atoms with van der Waals surface area (Å²) >= 11 is 1.68. The fourth-order valence-corrected chi connectivity index (χ4v) is 1.89. The molecule has 2 aromatic carbocycles. The average molecular weight is 256 g/mol. The summed E-state index contributed by atoms with van der Waals surface area (Å²) in [4.78, 5) is 1.19. The number of phenolic OH excluding ortho intramolecular Hbond substituents is 2. The zero-order valence-corrected chi connectivity index (χ0v) is 10.7. The Morgan fingerprint density at radius 2 is 1.39 bits per heavy atom. The molecule has 2 aromatic rings. The molecule has 90 valence electrons. The monoisotopic (exact) mass is 256 g/mol. The van der Waals surface area contributed by atoms with Crippen molar-refractivity contribution >= 4 is 11.8 Å². The van der Waals surface area contributed by atoms with Crippen molar-refractivity contribution < 1.29 is 10.2 Å².